The first-order valence-electron chi connectivity index (χ1n) is 4.81. The zero-order chi connectivity index (χ0) is 13.7. The van der Waals surface area contributed by atoms with E-state index >= 15 is 0 Å². The summed E-state index contributed by atoms with van der Waals surface area (Å²) < 4.78 is 0. The maximum atomic E-state index is 11.5. The fourth-order valence-electron chi connectivity index (χ4n) is 1.10. The maximum Gasteiger partial charge on any atom is 0.328 e. The van der Waals surface area contributed by atoms with Crippen LogP contribution in [0.1, 0.15) is 0 Å². The van der Waals surface area contributed by atoms with E-state index in [4.69, 9.17) is 33.4 Å². The second-order valence-electron chi connectivity index (χ2n) is 3.27. The minimum atomic E-state index is -1.39. The molecule has 0 saturated carbocycles. The highest BCUT2D eigenvalue weighted by atomic mass is 35.5. The molecule has 1 aromatic rings. The minimum Gasteiger partial charge on any atom is -0.480 e. The summed E-state index contributed by atoms with van der Waals surface area (Å²) in [5.74, 6) is -1.34. The van der Waals surface area contributed by atoms with E-state index < -0.39 is 24.6 Å². The Morgan fingerprint density at radius 3 is 2.56 bits per heavy atom. The number of carboxylic acids is 1. The first-order valence-corrected chi connectivity index (χ1v) is 5.56. The Kier molecular flexibility index (Phi) is 5.21. The van der Waals surface area contributed by atoms with Crippen molar-refractivity contribution >= 4 is 40.9 Å². The predicted molar refractivity (Wildman–Crippen MR) is 67.1 cm³/mol. The zero-order valence-electron chi connectivity index (χ0n) is 8.98. The summed E-state index contributed by atoms with van der Waals surface area (Å²) in [4.78, 5) is 22.0. The van der Waals surface area contributed by atoms with Crippen molar-refractivity contribution in [2.75, 3.05) is 11.9 Å². The van der Waals surface area contributed by atoms with Gasteiger partial charge >= 0.3 is 12.0 Å². The molecule has 0 aliphatic heterocycles. The molecule has 0 radical (unpaired) electrons. The molecule has 0 aromatic heterocycles. The van der Waals surface area contributed by atoms with Gasteiger partial charge in [-0.1, -0.05) is 29.3 Å². The highest BCUT2D eigenvalue weighted by molar-refractivity contribution is 6.43. The predicted octanol–water partition coefficient (Wildman–Crippen LogP) is 1.56. The molecule has 0 aliphatic rings. The van der Waals surface area contributed by atoms with Gasteiger partial charge in [0.2, 0.25) is 0 Å². The van der Waals surface area contributed by atoms with Gasteiger partial charge in [0.15, 0.2) is 6.04 Å². The maximum absolute atomic E-state index is 11.5. The van der Waals surface area contributed by atoms with E-state index in [1.165, 1.54) is 6.07 Å². The quantitative estimate of drug-likeness (QED) is 0.677. The molecule has 1 atom stereocenters. The van der Waals surface area contributed by atoms with E-state index in [-0.39, 0.29) is 15.7 Å². The van der Waals surface area contributed by atoms with Crippen LogP contribution >= 0.6 is 23.2 Å². The number of carbonyl (C=O) groups is 2. The van der Waals surface area contributed by atoms with Crippen molar-refractivity contribution in [3.63, 3.8) is 0 Å². The molecule has 0 heterocycles. The van der Waals surface area contributed by atoms with Crippen LogP contribution in [0.25, 0.3) is 0 Å². The van der Waals surface area contributed by atoms with Gasteiger partial charge in [0.1, 0.15) is 0 Å². The first-order chi connectivity index (χ1) is 8.45. The van der Waals surface area contributed by atoms with Gasteiger partial charge < -0.3 is 20.8 Å². The smallest absolute Gasteiger partial charge is 0.328 e. The lowest BCUT2D eigenvalue weighted by Gasteiger charge is -2.13. The molecular weight excluding hydrogens is 283 g/mol. The molecule has 4 N–H and O–H groups in total. The number of benzene rings is 1. The lowest BCUT2D eigenvalue weighted by atomic mass is 10.3. The number of anilines is 1. The number of hydrogen-bond acceptors (Lipinski definition) is 3. The summed E-state index contributed by atoms with van der Waals surface area (Å²) in [5, 5.41) is 22.2. The molecule has 0 bridgehead atoms. The van der Waals surface area contributed by atoms with E-state index in [0.29, 0.717) is 0 Å². The molecular formula is C10H10Cl2N2O4. The van der Waals surface area contributed by atoms with Gasteiger partial charge in [-0.3, -0.25) is 0 Å². The molecule has 0 unspecified atom stereocenters. The Balaban J connectivity index is 2.70. The van der Waals surface area contributed by atoms with Crippen LogP contribution in [0.15, 0.2) is 18.2 Å². The molecule has 6 nitrogen and oxygen atoms in total. The van der Waals surface area contributed by atoms with E-state index in [0.717, 1.165) is 0 Å². The van der Waals surface area contributed by atoms with Crippen LogP contribution < -0.4 is 10.6 Å². The lowest BCUT2D eigenvalue weighted by molar-refractivity contribution is -0.140. The number of hydrogen-bond donors (Lipinski definition) is 4. The number of carbonyl (C=O) groups excluding carboxylic acids is 1. The molecule has 1 rings (SSSR count). The third kappa shape index (κ3) is 3.76. The normalized spacial score (nSPS) is 11.7. The second kappa shape index (κ2) is 6.44. The molecule has 18 heavy (non-hydrogen) atoms. The lowest BCUT2D eigenvalue weighted by Crippen LogP contribution is -2.45. The van der Waals surface area contributed by atoms with Crippen LogP contribution in [0.5, 0.6) is 0 Å². The van der Waals surface area contributed by atoms with Crippen LogP contribution in [0.2, 0.25) is 10.0 Å². The van der Waals surface area contributed by atoms with Gasteiger partial charge in [-0.05, 0) is 12.1 Å². The van der Waals surface area contributed by atoms with Crippen molar-refractivity contribution < 1.29 is 19.8 Å². The van der Waals surface area contributed by atoms with Crippen molar-refractivity contribution in [2.24, 2.45) is 0 Å². The van der Waals surface area contributed by atoms with Gasteiger partial charge in [0.25, 0.3) is 0 Å². The third-order valence-corrected chi connectivity index (χ3v) is 2.80. The van der Waals surface area contributed by atoms with Gasteiger partial charge in [0.05, 0.1) is 22.3 Å². The Bertz CT molecular complexity index is 467. The Morgan fingerprint density at radius 1 is 1.33 bits per heavy atom. The van der Waals surface area contributed by atoms with Crippen molar-refractivity contribution in [1.29, 1.82) is 0 Å². The number of rotatable bonds is 4. The fraction of sp³-hybridized carbons (Fsp3) is 0.200. The van der Waals surface area contributed by atoms with E-state index in [1.807, 2.05) is 0 Å². The van der Waals surface area contributed by atoms with Crippen LogP contribution in [0.4, 0.5) is 10.5 Å². The number of aliphatic hydroxyl groups is 1. The molecule has 2 amide bonds. The van der Waals surface area contributed by atoms with Gasteiger partial charge in [-0.2, -0.15) is 0 Å². The molecule has 0 fully saturated rings. The number of halogens is 2. The van der Waals surface area contributed by atoms with E-state index in [2.05, 4.69) is 10.6 Å². The van der Waals surface area contributed by atoms with Crippen LogP contribution in [-0.2, 0) is 4.79 Å². The molecule has 98 valence electrons. The molecule has 0 aliphatic carbocycles. The largest absolute Gasteiger partial charge is 0.480 e. The Hall–Kier alpha value is -1.50. The topological polar surface area (TPSA) is 98.7 Å². The summed E-state index contributed by atoms with van der Waals surface area (Å²) in [6.07, 6.45) is 0. The van der Waals surface area contributed by atoms with E-state index in [1.54, 1.807) is 12.1 Å². The monoisotopic (exact) mass is 292 g/mol. The summed E-state index contributed by atoms with van der Waals surface area (Å²) in [6.45, 7) is -0.716. The molecule has 1 aromatic carbocycles. The minimum absolute atomic E-state index is 0.144. The van der Waals surface area contributed by atoms with Crippen LogP contribution in [0, 0.1) is 0 Å². The Labute approximate surface area is 113 Å². The number of urea groups is 1. The summed E-state index contributed by atoms with van der Waals surface area (Å²) in [6, 6.07) is 2.43. The fourth-order valence-corrected chi connectivity index (χ4v) is 1.45. The van der Waals surface area contributed by atoms with Crippen molar-refractivity contribution in [2.45, 2.75) is 6.04 Å². The molecule has 0 spiro atoms. The summed E-state index contributed by atoms with van der Waals surface area (Å²) in [5.41, 5.74) is 0.240. The van der Waals surface area contributed by atoms with Gasteiger partial charge in [-0.25, -0.2) is 9.59 Å². The first kappa shape index (κ1) is 14.6. The Morgan fingerprint density at radius 2 is 2.00 bits per heavy atom. The number of aliphatic carboxylic acids is 1. The third-order valence-electron chi connectivity index (χ3n) is 1.99. The van der Waals surface area contributed by atoms with Crippen LogP contribution in [0.3, 0.4) is 0 Å². The summed E-state index contributed by atoms with van der Waals surface area (Å²) in [7, 11) is 0. The number of amides is 2. The molecule has 8 heteroatoms. The SMILES string of the molecule is O=C(Nc1cccc(Cl)c1Cl)N[C@H](CO)C(=O)O. The van der Waals surface area contributed by atoms with E-state index in [9.17, 15) is 9.59 Å². The highest BCUT2D eigenvalue weighted by Crippen LogP contribution is 2.29. The standard InChI is InChI=1S/C10H10Cl2N2O4/c11-5-2-1-3-6(8(5)12)13-10(18)14-7(4-15)9(16)17/h1-3,7,15H,4H2,(H,16,17)(H2,13,14,18)/t7-/m1/s1. The average Bonchev–Trinajstić information content (AvgIpc) is 2.31. The summed E-state index contributed by atoms with van der Waals surface area (Å²) >= 11 is 11.6. The van der Waals surface area contributed by atoms with Crippen molar-refractivity contribution in [1.82, 2.24) is 5.32 Å². The molecule has 0 saturated heterocycles. The van der Waals surface area contributed by atoms with Gasteiger partial charge in [0, 0.05) is 0 Å². The van der Waals surface area contributed by atoms with Crippen LogP contribution in [-0.4, -0.2) is 34.9 Å². The second-order valence-corrected chi connectivity index (χ2v) is 4.06. The number of nitrogens with one attached hydrogen (secondary N) is 2. The van der Waals surface area contributed by atoms with Gasteiger partial charge in [-0.15, -0.1) is 0 Å². The average molecular weight is 293 g/mol. The number of aliphatic hydroxyl groups excluding tert-OH is 1. The zero-order valence-corrected chi connectivity index (χ0v) is 10.5. The van der Waals surface area contributed by atoms with Crippen molar-refractivity contribution in [3.05, 3.63) is 28.2 Å². The number of carboxylic acid groups (broad SMARTS) is 1. The highest BCUT2D eigenvalue weighted by Gasteiger charge is 2.19. The van der Waals surface area contributed by atoms with Crippen molar-refractivity contribution in [3.8, 4) is 0 Å².